The minimum Gasteiger partial charge on any atom is -0.484 e. The Balaban J connectivity index is 1.50. The van der Waals surface area contributed by atoms with Crippen molar-refractivity contribution in [1.82, 2.24) is 4.90 Å². The van der Waals surface area contributed by atoms with Crippen molar-refractivity contribution in [1.29, 1.82) is 0 Å². The standard InChI is InChI=1S/C23H22ClNO5S/c24-18-8-6-17(7-9-18)22-11-10-21(30-22)14-25(19-12-13-31(27,28)16-19)23(26)15-29-20-4-2-1-3-5-20/h1-11,19H,12-16H2. The molecule has 1 amide bonds. The molecule has 1 atom stereocenters. The first-order valence-electron chi connectivity index (χ1n) is 9.92. The average Bonchev–Trinajstić information content (AvgIpc) is 3.37. The van der Waals surface area contributed by atoms with E-state index < -0.39 is 15.9 Å². The van der Waals surface area contributed by atoms with Crippen molar-refractivity contribution < 1.29 is 22.4 Å². The first-order chi connectivity index (χ1) is 14.9. The molecular weight excluding hydrogens is 438 g/mol. The summed E-state index contributed by atoms with van der Waals surface area (Å²) in [5.41, 5.74) is 0.865. The van der Waals surface area contributed by atoms with Gasteiger partial charge in [-0.25, -0.2) is 8.42 Å². The van der Waals surface area contributed by atoms with Gasteiger partial charge in [-0.3, -0.25) is 4.79 Å². The lowest BCUT2D eigenvalue weighted by molar-refractivity contribution is -0.136. The van der Waals surface area contributed by atoms with Crippen LogP contribution in [-0.4, -0.2) is 43.4 Å². The summed E-state index contributed by atoms with van der Waals surface area (Å²) in [6.07, 6.45) is 0.407. The Labute approximate surface area is 186 Å². The summed E-state index contributed by atoms with van der Waals surface area (Å²) in [5.74, 6) is 1.55. The van der Waals surface area contributed by atoms with Gasteiger partial charge >= 0.3 is 0 Å². The zero-order valence-corrected chi connectivity index (χ0v) is 18.3. The van der Waals surface area contributed by atoms with E-state index in [9.17, 15) is 13.2 Å². The highest BCUT2D eigenvalue weighted by Crippen LogP contribution is 2.26. The fourth-order valence-electron chi connectivity index (χ4n) is 3.59. The Hall–Kier alpha value is -2.77. The number of para-hydroxylation sites is 1. The van der Waals surface area contributed by atoms with Gasteiger partial charge in [-0.2, -0.15) is 0 Å². The summed E-state index contributed by atoms with van der Waals surface area (Å²) in [6.45, 7) is -0.00390. The highest BCUT2D eigenvalue weighted by Gasteiger charge is 2.35. The maximum absolute atomic E-state index is 13.0. The lowest BCUT2D eigenvalue weighted by atomic mass is 10.2. The van der Waals surface area contributed by atoms with E-state index in [-0.39, 0.29) is 30.6 Å². The van der Waals surface area contributed by atoms with E-state index in [2.05, 4.69) is 0 Å². The molecule has 3 aromatic rings. The highest BCUT2D eigenvalue weighted by molar-refractivity contribution is 7.91. The van der Waals surface area contributed by atoms with Gasteiger partial charge in [0.2, 0.25) is 0 Å². The van der Waals surface area contributed by atoms with E-state index in [1.54, 1.807) is 35.2 Å². The number of sulfone groups is 1. The van der Waals surface area contributed by atoms with Crippen molar-refractivity contribution in [2.45, 2.75) is 19.0 Å². The second-order valence-electron chi connectivity index (χ2n) is 7.45. The molecule has 0 aliphatic carbocycles. The molecule has 6 nitrogen and oxygen atoms in total. The molecule has 0 bridgehead atoms. The number of hydrogen-bond acceptors (Lipinski definition) is 5. The van der Waals surface area contributed by atoms with Crippen LogP contribution in [0.25, 0.3) is 11.3 Å². The Morgan fingerprint density at radius 2 is 1.81 bits per heavy atom. The monoisotopic (exact) mass is 459 g/mol. The molecule has 4 rings (SSSR count). The molecule has 0 radical (unpaired) electrons. The summed E-state index contributed by atoms with van der Waals surface area (Å²) in [5, 5.41) is 0.633. The summed E-state index contributed by atoms with van der Waals surface area (Å²) in [4.78, 5) is 14.5. The third-order valence-corrected chi connectivity index (χ3v) is 7.19. The topological polar surface area (TPSA) is 76.8 Å². The largest absolute Gasteiger partial charge is 0.484 e. The van der Waals surface area contributed by atoms with Crippen LogP contribution < -0.4 is 4.74 Å². The van der Waals surface area contributed by atoms with Gasteiger partial charge in [0.25, 0.3) is 5.91 Å². The summed E-state index contributed by atoms with van der Waals surface area (Å²) < 4.78 is 35.6. The first-order valence-corrected chi connectivity index (χ1v) is 12.1. The molecule has 1 aromatic heterocycles. The van der Waals surface area contributed by atoms with Gasteiger partial charge < -0.3 is 14.1 Å². The van der Waals surface area contributed by atoms with E-state index >= 15 is 0 Å². The van der Waals surface area contributed by atoms with E-state index in [1.165, 1.54) is 0 Å². The van der Waals surface area contributed by atoms with Gasteiger partial charge in [-0.1, -0.05) is 29.8 Å². The fraction of sp³-hybridized carbons (Fsp3) is 0.261. The van der Waals surface area contributed by atoms with Crippen molar-refractivity contribution in [2.75, 3.05) is 18.1 Å². The number of halogens is 1. The number of benzene rings is 2. The Morgan fingerprint density at radius 1 is 1.06 bits per heavy atom. The lowest BCUT2D eigenvalue weighted by Gasteiger charge is -2.27. The Kier molecular flexibility index (Phi) is 6.34. The zero-order valence-electron chi connectivity index (χ0n) is 16.7. The van der Waals surface area contributed by atoms with E-state index in [0.717, 1.165) is 5.56 Å². The molecule has 1 unspecified atom stereocenters. The molecule has 1 aliphatic rings. The van der Waals surface area contributed by atoms with Crippen LogP contribution in [-0.2, 0) is 21.2 Å². The minimum atomic E-state index is -3.15. The van der Waals surface area contributed by atoms with Crippen LogP contribution in [0.4, 0.5) is 0 Å². The quantitative estimate of drug-likeness (QED) is 0.529. The molecule has 8 heteroatoms. The fourth-order valence-corrected chi connectivity index (χ4v) is 5.44. The molecule has 2 aromatic carbocycles. The Morgan fingerprint density at radius 3 is 2.48 bits per heavy atom. The number of carbonyl (C=O) groups excluding carboxylic acids is 1. The SMILES string of the molecule is O=C(COc1ccccc1)N(Cc1ccc(-c2ccc(Cl)cc2)o1)C1CCS(=O)(=O)C1. The van der Waals surface area contributed by atoms with Gasteiger partial charge in [-0.15, -0.1) is 0 Å². The van der Waals surface area contributed by atoms with E-state index in [0.29, 0.717) is 28.7 Å². The molecule has 2 heterocycles. The molecular formula is C23H22ClNO5S. The second kappa shape index (κ2) is 9.16. The minimum absolute atomic E-state index is 0.0468. The average molecular weight is 460 g/mol. The number of furan rings is 1. The van der Waals surface area contributed by atoms with Crippen LogP contribution in [0.3, 0.4) is 0 Å². The second-order valence-corrected chi connectivity index (χ2v) is 10.1. The van der Waals surface area contributed by atoms with Crippen LogP contribution >= 0.6 is 11.6 Å². The maximum Gasteiger partial charge on any atom is 0.261 e. The summed E-state index contributed by atoms with van der Waals surface area (Å²) >= 11 is 5.94. The molecule has 162 valence electrons. The smallest absolute Gasteiger partial charge is 0.261 e. The van der Waals surface area contributed by atoms with Crippen molar-refractivity contribution >= 4 is 27.3 Å². The highest BCUT2D eigenvalue weighted by atomic mass is 35.5. The number of nitrogens with zero attached hydrogens (tertiary/aromatic N) is 1. The van der Waals surface area contributed by atoms with Crippen LogP contribution in [0.5, 0.6) is 5.75 Å². The molecule has 0 N–H and O–H groups in total. The summed E-state index contributed by atoms with van der Waals surface area (Å²) in [6, 6.07) is 19.5. The zero-order chi connectivity index (χ0) is 21.8. The molecule has 31 heavy (non-hydrogen) atoms. The third-order valence-electron chi connectivity index (χ3n) is 5.19. The number of hydrogen-bond donors (Lipinski definition) is 0. The normalized spacial score (nSPS) is 17.4. The maximum atomic E-state index is 13.0. The predicted octanol–water partition coefficient (Wildman–Crippen LogP) is 4.19. The number of amides is 1. The number of rotatable bonds is 7. The van der Waals surface area contributed by atoms with Crippen molar-refractivity contribution in [3.05, 3.63) is 77.5 Å². The van der Waals surface area contributed by atoms with Crippen LogP contribution in [0.15, 0.2) is 71.1 Å². The Bertz CT molecular complexity index is 1140. The van der Waals surface area contributed by atoms with Crippen LogP contribution in [0.1, 0.15) is 12.2 Å². The van der Waals surface area contributed by atoms with Gasteiger partial charge in [0.1, 0.15) is 17.3 Å². The van der Waals surface area contributed by atoms with Crippen LogP contribution in [0.2, 0.25) is 5.02 Å². The van der Waals surface area contributed by atoms with Crippen molar-refractivity contribution in [3.63, 3.8) is 0 Å². The lowest BCUT2D eigenvalue weighted by Crippen LogP contribution is -2.43. The van der Waals surface area contributed by atoms with E-state index in [1.807, 2.05) is 36.4 Å². The van der Waals surface area contributed by atoms with Gasteiger partial charge in [0, 0.05) is 16.6 Å². The molecule has 1 fully saturated rings. The molecule has 1 saturated heterocycles. The van der Waals surface area contributed by atoms with E-state index in [4.69, 9.17) is 20.8 Å². The first kappa shape index (κ1) is 21.5. The molecule has 1 aliphatic heterocycles. The molecule has 0 spiro atoms. The number of carbonyl (C=O) groups is 1. The molecule has 0 saturated carbocycles. The van der Waals surface area contributed by atoms with Gasteiger partial charge in [0.05, 0.1) is 18.1 Å². The van der Waals surface area contributed by atoms with Gasteiger partial charge in [0.15, 0.2) is 16.4 Å². The van der Waals surface area contributed by atoms with Crippen molar-refractivity contribution in [2.24, 2.45) is 0 Å². The predicted molar refractivity (Wildman–Crippen MR) is 119 cm³/mol. The van der Waals surface area contributed by atoms with Crippen LogP contribution in [0, 0.1) is 0 Å². The summed E-state index contributed by atoms with van der Waals surface area (Å²) in [7, 11) is -3.15. The third kappa shape index (κ3) is 5.48. The van der Waals surface area contributed by atoms with Gasteiger partial charge in [-0.05, 0) is 55.0 Å². The van der Waals surface area contributed by atoms with Crippen molar-refractivity contribution in [3.8, 4) is 17.1 Å². The number of ether oxygens (including phenoxy) is 1.